The zero-order valence-corrected chi connectivity index (χ0v) is 13.3. The maximum Gasteiger partial charge on any atom is 0.227 e. The molecule has 0 aliphatic carbocycles. The van der Waals surface area contributed by atoms with Crippen molar-refractivity contribution < 1.29 is 4.74 Å². The van der Waals surface area contributed by atoms with E-state index in [0.29, 0.717) is 11.8 Å². The van der Waals surface area contributed by atoms with E-state index >= 15 is 0 Å². The lowest BCUT2D eigenvalue weighted by Crippen LogP contribution is -2.05. The molecule has 0 fully saturated rings. The number of ether oxygens (including phenoxy) is 1. The van der Waals surface area contributed by atoms with Crippen LogP contribution in [0.3, 0.4) is 0 Å². The molecule has 0 radical (unpaired) electrons. The summed E-state index contributed by atoms with van der Waals surface area (Å²) in [6, 6.07) is 8.09. The van der Waals surface area contributed by atoms with Crippen molar-refractivity contribution >= 4 is 5.82 Å². The van der Waals surface area contributed by atoms with Gasteiger partial charge in [0.1, 0.15) is 17.9 Å². The molecule has 0 amide bonds. The predicted octanol–water partition coefficient (Wildman–Crippen LogP) is 4.56. The molecule has 4 nitrogen and oxygen atoms in total. The number of aromatic nitrogens is 2. The van der Waals surface area contributed by atoms with Crippen LogP contribution in [0.5, 0.6) is 11.6 Å². The van der Waals surface area contributed by atoms with E-state index < -0.39 is 0 Å². The molecule has 112 valence electrons. The lowest BCUT2D eigenvalue weighted by Gasteiger charge is -2.18. The molecule has 0 saturated heterocycles. The second kappa shape index (κ2) is 6.57. The van der Waals surface area contributed by atoms with Gasteiger partial charge in [0.05, 0.1) is 5.56 Å². The Balaban J connectivity index is 2.45. The highest BCUT2D eigenvalue weighted by Crippen LogP contribution is 2.35. The van der Waals surface area contributed by atoms with Gasteiger partial charge in [-0.2, -0.15) is 0 Å². The first-order chi connectivity index (χ1) is 10.0. The largest absolute Gasteiger partial charge is 0.438 e. The van der Waals surface area contributed by atoms with E-state index in [0.717, 1.165) is 17.1 Å². The van der Waals surface area contributed by atoms with Crippen molar-refractivity contribution in [3.63, 3.8) is 0 Å². The van der Waals surface area contributed by atoms with Gasteiger partial charge in [-0.05, 0) is 23.5 Å². The predicted molar refractivity (Wildman–Crippen MR) is 86.3 cm³/mol. The van der Waals surface area contributed by atoms with Crippen LogP contribution in [0, 0.1) is 0 Å². The summed E-state index contributed by atoms with van der Waals surface area (Å²) in [5.41, 5.74) is 2.18. The smallest absolute Gasteiger partial charge is 0.227 e. The molecule has 0 aliphatic heterocycles. The van der Waals surface area contributed by atoms with E-state index in [2.05, 4.69) is 49.0 Å². The topological polar surface area (TPSA) is 47.0 Å². The number of hydrogen-bond acceptors (Lipinski definition) is 4. The van der Waals surface area contributed by atoms with Gasteiger partial charge in [0.2, 0.25) is 5.88 Å². The van der Waals surface area contributed by atoms with Crippen molar-refractivity contribution in [3.05, 3.63) is 41.7 Å². The summed E-state index contributed by atoms with van der Waals surface area (Å²) >= 11 is 0. The standard InChI is InChI=1S/C17H23N3O/c1-11(2)13-8-6-7-9-14(13)21-17-15(12(3)4)16(18-5)19-10-20-17/h6-12H,1-5H3,(H,18,19,20). The van der Waals surface area contributed by atoms with Crippen LogP contribution in [0.15, 0.2) is 30.6 Å². The molecule has 0 atom stereocenters. The molecular weight excluding hydrogens is 262 g/mol. The fourth-order valence-electron chi connectivity index (χ4n) is 2.33. The van der Waals surface area contributed by atoms with Crippen LogP contribution in [-0.2, 0) is 0 Å². The minimum Gasteiger partial charge on any atom is -0.438 e. The molecule has 0 saturated carbocycles. The van der Waals surface area contributed by atoms with Crippen molar-refractivity contribution in [2.24, 2.45) is 0 Å². The Morgan fingerprint density at radius 2 is 1.71 bits per heavy atom. The van der Waals surface area contributed by atoms with Gasteiger partial charge >= 0.3 is 0 Å². The molecule has 21 heavy (non-hydrogen) atoms. The minimum atomic E-state index is 0.273. The Kier molecular flexibility index (Phi) is 4.78. The van der Waals surface area contributed by atoms with E-state index in [4.69, 9.17) is 4.74 Å². The summed E-state index contributed by atoms with van der Waals surface area (Å²) in [6.07, 6.45) is 1.53. The van der Waals surface area contributed by atoms with Gasteiger partial charge in [0.15, 0.2) is 0 Å². The van der Waals surface area contributed by atoms with Crippen molar-refractivity contribution in [2.45, 2.75) is 39.5 Å². The number of rotatable bonds is 5. The van der Waals surface area contributed by atoms with Crippen LogP contribution in [0.2, 0.25) is 0 Å². The van der Waals surface area contributed by atoms with Crippen LogP contribution < -0.4 is 10.1 Å². The number of nitrogens with zero attached hydrogens (tertiary/aromatic N) is 2. The minimum absolute atomic E-state index is 0.273. The summed E-state index contributed by atoms with van der Waals surface area (Å²) < 4.78 is 6.11. The molecule has 0 aliphatic rings. The fraction of sp³-hybridized carbons (Fsp3) is 0.412. The first kappa shape index (κ1) is 15.3. The second-order valence-corrected chi connectivity index (χ2v) is 5.64. The van der Waals surface area contributed by atoms with E-state index in [1.807, 2.05) is 25.2 Å². The number of nitrogens with one attached hydrogen (secondary N) is 1. The van der Waals surface area contributed by atoms with Gasteiger partial charge < -0.3 is 10.1 Å². The number of anilines is 1. The molecule has 4 heteroatoms. The lowest BCUT2D eigenvalue weighted by molar-refractivity contribution is 0.444. The van der Waals surface area contributed by atoms with Crippen LogP contribution in [0.1, 0.15) is 50.7 Å². The summed E-state index contributed by atoms with van der Waals surface area (Å²) in [4.78, 5) is 8.61. The highest BCUT2D eigenvalue weighted by atomic mass is 16.5. The second-order valence-electron chi connectivity index (χ2n) is 5.64. The van der Waals surface area contributed by atoms with Crippen molar-refractivity contribution in [3.8, 4) is 11.6 Å². The third-order valence-corrected chi connectivity index (χ3v) is 3.41. The Hall–Kier alpha value is -2.10. The van der Waals surface area contributed by atoms with Crippen LogP contribution in [0.4, 0.5) is 5.82 Å². The Labute approximate surface area is 126 Å². The van der Waals surface area contributed by atoms with Gasteiger partial charge in [-0.1, -0.05) is 45.9 Å². The first-order valence-corrected chi connectivity index (χ1v) is 7.34. The van der Waals surface area contributed by atoms with E-state index in [-0.39, 0.29) is 5.92 Å². The Morgan fingerprint density at radius 3 is 2.33 bits per heavy atom. The van der Waals surface area contributed by atoms with Gasteiger partial charge in [-0.25, -0.2) is 9.97 Å². The molecule has 2 rings (SSSR count). The molecule has 2 aromatic rings. The molecule has 1 aromatic carbocycles. The van der Waals surface area contributed by atoms with Gasteiger partial charge in [0, 0.05) is 7.05 Å². The maximum absolute atomic E-state index is 6.11. The summed E-state index contributed by atoms with van der Waals surface area (Å²) in [6.45, 7) is 8.54. The van der Waals surface area contributed by atoms with Crippen molar-refractivity contribution in [2.75, 3.05) is 12.4 Å². The van der Waals surface area contributed by atoms with Crippen LogP contribution in [0.25, 0.3) is 0 Å². The number of hydrogen-bond donors (Lipinski definition) is 1. The molecule has 0 unspecified atom stereocenters. The molecule has 0 bridgehead atoms. The van der Waals surface area contributed by atoms with E-state index in [1.165, 1.54) is 11.9 Å². The first-order valence-electron chi connectivity index (χ1n) is 7.34. The highest BCUT2D eigenvalue weighted by molar-refractivity contribution is 5.51. The maximum atomic E-state index is 6.11. The average molecular weight is 285 g/mol. The Bertz CT molecular complexity index is 609. The van der Waals surface area contributed by atoms with E-state index in [9.17, 15) is 0 Å². The van der Waals surface area contributed by atoms with Crippen molar-refractivity contribution in [1.82, 2.24) is 9.97 Å². The monoisotopic (exact) mass is 285 g/mol. The van der Waals surface area contributed by atoms with Gasteiger partial charge in [-0.15, -0.1) is 0 Å². The average Bonchev–Trinajstić information content (AvgIpc) is 2.47. The molecule has 1 aromatic heterocycles. The third kappa shape index (κ3) is 3.32. The summed E-state index contributed by atoms with van der Waals surface area (Å²) in [5.74, 6) is 2.97. The zero-order chi connectivity index (χ0) is 15.4. The molecule has 1 heterocycles. The van der Waals surface area contributed by atoms with Crippen molar-refractivity contribution in [1.29, 1.82) is 0 Å². The number of para-hydroxylation sites is 1. The normalized spacial score (nSPS) is 11.0. The molecule has 1 N–H and O–H groups in total. The SMILES string of the molecule is CNc1ncnc(Oc2ccccc2C(C)C)c1C(C)C. The quantitative estimate of drug-likeness (QED) is 0.875. The van der Waals surface area contributed by atoms with Crippen LogP contribution >= 0.6 is 0 Å². The van der Waals surface area contributed by atoms with Crippen LogP contribution in [-0.4, -0.2) is 17.0 Å². The Morgan fingerprint density at radius 1 is 1.00 bits per heavy atom. The van der Waals surface area contributed by atoms with Gasteiger partial charge in [0.25, 0.3) is 0 Å². The lowest BCUT2D eigenvalue weighted by atomic mass is 10.0. The van der Waals surface area contributed by atoms with E-state index in [1.54, 1.807) is 0 Å². The molecular formula is C17H23N3O. The summed E-state index contributed by atoms with van der Waals surface area (Å²) in [7, 11) is 1.86. The molecule has 0 spiro atoms. The summed E-state index contributed by atoms with van der Waals surface area (Å²) in [5, 5.41) is 3.11. The number of benzene rings is 1. The fourth-order valence-corrected chi connectivity index (χ4v) is 2.33. The zero-order valence-electron chi connectivity index (χ0n) is 13.3. The third-order valence-electron chi connectivity index (χ3n) is 3.41. The highest BCUT2D eigenvalue weighted by Gasteiger charge is 2.17. The van der Waals surface area contributed by atoms with Gasteiger partial charge in [-0.3, -0.25) is 0 Å².